The SMILES string of the molecule is CC1CCCN(C(=O)COC(=O)CNS(=O)(=O)c2cccc(Br)c2)C1. The van der Waals surface area contributed by atoms with E-state index in [0.717, 1.165) is 12.8 Å². The van der Waals surface area contributed by atoms with Crippen LogP contribution in [0.3, 0.4) is 0 Å². The van der Waals surface area contributed by atoms with E-state index in [4.69, 9.17) is 4.74 Å². The van der Waals surface area contributed by atoms with Crippen LogP contribution in [0.4, 0.5) is 0 Å². The summed E-state index contributed by atoms with van der Waals surface area (Å²) in [5.74, 6) is -0.614. The smallest absolute Gasteiger partial charge is 0.321 e. The molecule has 7 nitrogen and oxygen atoms in total. The molecule has 1 fully saturated rings. The molecule has 1 N–H and O–H groups in total. The van der Waals surface area contributed by atoms with E-state index in [1.165, 1.54) is 12.1 Å². The zero-order chi connectivity index (χ0) is 18.4. The molecule has 1 saturated heterocycles. The Kier molecular flexibility index (Phi) is 6.97. The standard InChI is InChI=1S/C16H21BrN2O5S/c1-12-4-3-7-19(10-12)15(20)11-24-16(21)9-18-25(22,23)14-6-2-5-13(17)8-14/h2,5-6,8,12,18H,3-4,7,9-11H2,1H3. The molecule has 0 aliphatic carbocycles. The van der Waals surface area contributed by atoms with Crippen LogP contribution in [0.2, 0.25) is 0 Å². The van der Waals surface area contributed by atoms with Crippen molar-refractivity contribution in [1.29, 1.82) is 0 Å². The summed E-state index contributed by atoms with van der Waals surface area (Å²) in [4.78, 5) is 25.4. The Bertz CT molecular complexity index is 738. The second-order valence-electron chi connectivity index (χ2n) is 6.03. The van der Waals surface area contributed by atoms with Crippen LogP contribution in [0.5, 0.6) is 0 Å². The molecule has 1 heterocycles. The Labute approximate surface area is 155 Å². The summed E-state index contributed by atoms with van der Waals surface area (Å²) in [5.41, 5.74) is 0. The second kappa shape index (κ2) is 8.77. The third kappa shape index (κ3) is 6.09. The summed E-state index contributed by atoms with van der Waals surface area (Å²) in [6.45, 7) is 2.49. The number of esters is 1. The summed E-state index contributed by atoms with van der Waals surface area (Å²) in [6, 6.07) is 6.11. The van der Waals surface area contributed by atoms with Gasteiger partial charge in [-0.1, -0.05) is 28.9 Å². The molecule has 0 saturated carbocycles. The van der Waals surface area contributed by atoms with Gasteiger partial charge in [0.15, 0.2) is 6.61 Å². The largest absolute Gasteiger partial charge is 0.455 e. The van der Waals surface area contributed by atoms with Crippen molar-refractivity contribution < 1.29 is 22.7 Å². The number of carbonyl (C=O) groups excluding carboxylic acids is 2. The predicted octanol–water partition coefficient (Wildman–Crippen LogP) is 1.53. The zero-order valence-electron chi connectivity index (χ0n) is 13.9. The van der Waals surface area contributed by atoms with Gasteiger partial charge in [0.2, 0.25) is 10.0 Å². The molecule has 1 aromatic rings. The van der Waals surface area contributed by atoms with E-state index >= 15 is 0 Å². The van der Waals surface area contributed by atoms with Crippen LogP contribution >= 0.6 is 15.9 Å². The molecule has 1 aromatic carbocycles. The summed E-state index contributed by atoms with van der Waals surface area (Å²) < 4.78 is 31.8. The van der Waals surface area contributed by atoms with Crippen molar-refractivity contribution in [2.24, 2.45) is 5.92 Å². The first-order valence-corrected chi connectivity index (χ1v) is 10.2. The van der Waals surface area contributed by atoms with E-state index in [2.05, 4.69) is 27.6 Å². The number of rotatable bonds is 6. The number of carbonyl (C=O) groups is 2. The maximum Gasteiger partial charge on any atom is 0.321 e. The number of likely N-dealkylation sites (tertiary alicyclic amines) is 1. The molecule has 1 aliphatic rings. The fraction of sp³-hybridized carbons (Fsp3) is 0.500. The lowest BCUT2D eigenvalue weighted by atomic mass is 10.0. The van der Waals surface area contributed by atoms with Gasteiger partial charge in [-0.05, 0) is 37.0 Å². The third-order valence-electron chi connectivity index (χ3n) is 3.88. The lowest BCUT2D eigenvalue weighted by Gasteiger charge is -2.30. The predicted molar refractivity (Wildman–Crippen MR) is 95.3 cm³/mol. The molecule has 0 bridgehead atoms. The van der Waals surface area contributed by atoms with Gasteiger partial charge in [-0.25, -0.2) is 8.42 Å². The number of halogens is 1. The minimum atomic E-state index is -3.82. The van der Waals surface area contributed by atoms with E-state index in [9.17, 15) is 18.0 Å². The van der Waals surface area contributed by atoms with Crippen molar-refractivity contribution >= 4 is 37.8 Å². The highest BCUT2D eigenvalue weighted by Crippen LogP contribution is 2.16. The quantitative estimate of drug-likeness (QED) is 0.687. The molecule has 0 radical (unpaired) electrons. The first-order chi connectivity index (χ1) is 11.8. The number of hydrogen-bond acceptors (Lipinski definition) is 5. The molecule has 1 aliphatic heterocycles. The Balaban J connectivity index is 1.79. The van der Waals surface area contributed by atoms with Crippen LogP contribution in [0.15, 0.2) is 33.6 Å². The van der Waals surface area contributed by atoms with Crippen LogP contribution < -0.4 is 4.72 Å². The van der Waals surface area contributed by atoms with Gasteiger partial charge in [-0.3, -0.25) is 9.59 Å². The molecule has 1 unspecified atom stereocenters. The summed E-state index contributed by atoms with van der Waals surface area (Å²) in [6.07, 6.45) is 2.02. The van der Waals surface area contributed by atoms with Crippen molar-refractivity contribution in [3.05, 3.63) is 28.7 Å². The minimum absolute atomic E-state index is 0.0352. The maximum absolute atomic E-state index is 12.1. The Morgan fingerprint density at radius 3 is 2.84 bits per heavy atom. The van der Waals surface area contributed by atoms with Crippen LogP contribution in [0, 0.1) is 5.92 Å². The topological polar surface area (TPSA) is 92.8 Å². The molecule has 9 heteroatoms. The van der Waals surface area contributed by atoms with Crippen LogP contribution in [-0.2, 0) is 24.3 Å². The van der Waals surface area contributed by atoms with Gasteiger partial charge in [0.1, 0.15) is 6.54 Å². The van der Waals surface area contributed by atoms with Crippen LogP contribution in [-0.4, -0.2) is 51.4 Å². The minimum Gasteiger partial charge on any atom is -0.455 e. The van der Waals surface area contributed by atoms with Crippen LogP contribution in [0.25, 0.3) is 0 Å². The number of nitrogens with one attached hydrogen (secondary N) is 1. The summed E-state index contributed by atoms with van der Waals surface area (Å²) in [5, 5.41) is 0. The molecule has 138 valence electrons. The van der Waals surface area contributed by atoms with Crippen LogP contribution in [0.1, 0.15) is 19.8 Å². The van der Waals surface area contributed by atoms with E-state index < -0.39 is 22.5 Å². The highest BCUT2D eigenvalue weighted by atomic mass is 79.9. The van der Waals surface area contributed by atoms with Crippen molar-refractivity contribution in [3.8, 4) is 0 Å². The molecule has 2 rings (SSSR count). The molecule has 0 aromatic heterocycles. The van der Waals surface area contributed by atoms with E-state index in [1.807, 2.05) is 0 Å². The summed E-state index contributed by atoms with van der Waals surface area (Å²) >= 11 is 3.19. The lowest BCUT2D eigenvalue weighted by Crippen LogP contribution is -2.42. The molecule has 1 atom stereocenters. The molecule has 1 amide bonds. The number of ether oxygens (including phenoxy) is 1. The first-order valence-electron chi connectivity index (χ1n) is 7.96. The monoisotopic (exact) mass is 432 g/mol. The fourth-order valence-electron chi connectivity index (χ4n) is 2.57. The Hall–Kier alpha value is -1.45. The Morgan fingerprint density at radius 2 is 2.16 bits per heavy atom. The number of amides is 1. The molecular formula is C16H21BrN2O5S. The normalized spacial score (nSPS) is 18.0. The number of nitrogens with zero attached hydrogens (tertiary/aromatic N) is 1. The van der Waals surface area contributed by atoms with Gasteiger partial charge in [0, 0.05) is 17.6 Å². The zero-order valence-corrected chi connectivity index (χ0v) is 16.3. The van der Waals surface area contributed by atoms with Crippen molar-refractivity contribution in [2.45, 2.75) is 24.7 Å². The molecular weight excluding hydrogens is 412 g/mol. The van der Waals surface area contributed by atoms with Crippen molar-refractivity contribution in [1.82, 2.24) is 9.62 Å². The maximum atomic E-state index is 12.1. The fourth-order valence-corrected chi connectivity index (χ4v) is 4.14. The first kappa shape index (κ1) is 19.9. The highest BCUT2D eigenvalue weighted by molar-refractivity contribution is 9.10. The number of hydrogen-bond donors (Lipinski definition) is 1. The average molecular weight is 433 g/mol. The van der Waals surface area contributed by atoms with Crippen molar-refractivity contribution in [2.75, 3.05) is 26.2 Å². The number of benzene rings is 1. The summed E-state index contributed by atoms with van der Waals surface area (Å²) in [7, 11) is -3.82. The molecule has 0 spiro atoms. The van der Waals surface area contributed by atoms with Gasteiger partial charge < -0.3 is 9.64 Å². The lowest BCUT2D eigenvalue weighted by molar-refractivity contribution is -0.151. The number of sulfonamides is 1. The third-order valence-corrected chi connectivity index (χ3v) is 5.77. The van der Waals surface area contributed by atoms with Gasteiger partial charge >= 0.3 is 5.97 Å². The Morgan fingerprint density at radius 1 is 1.40 bits per heavy atom. The van der Waals surface area contributed by atoms with E-state index in [-0.39, 0.29) is 17.4 Å². The van der Waals surface area contributed by atoms with Crippen molar-refractivity contribution in [3.63, 3.8) is 0 Å². The van der Waals surface area contributed by atoms with Gasteiger partial charge in [0.05, 0.1) is 4.90 Å². The van der Waals surface area contributed by atoms with Gasteiger partial charge in [-0.15, -0.1) is 0 Å². The highest BCUT2D eigenvalue weighted by Gasteiger charge is 2.22. The second-order valence-corrected chi connectivity index (χ2v) is 8.71. The average Bonchev–Trinajstić information content (AvgIpc) is 2.58. The van der Waals surface area contributed by atoms with Gasteiger partial charge in [-0.2, -0.15) is 4.72 Å². The number of piperidine rings is 1. The van der Waals surface area contributed by atoms with E-state index in [0.29, 0.717) is 23.5 Å². The van der Waals surface area contributed by atoms with E-state index in [1.54, 1.807) is 17.0 Å². The van der Waals surface area contributed by atoms with Gasteiger partial charge in [0.25, 0.3) is 5.91 Å². The molecule has 25 heavy (non-hydrogen) atoms.